The zero-order chi connectivity index (χ0) is 13.9. The minimum Gasteiger partial charge on any atom is -0.478 e. The van der Waals surface area contributed by atoms with Crippen LogP contribution in [0.5, 0.6) is 5.88 Å². The molecular formula is C18H17NO. The van der Waals surface area contributed by atoms with Gasteiger partial charge in [0.2, 0.25) is 5.88 Å². The zero-order valence-electron chi connectivity index (χ0n) is 11.8. The molecular weight excluding hydrogens is 246 g/mol. The molecule has 0 aliphatic rings. The van der Waals surface area contributed by atoms with Crippen LogP contribution in [0.1, 0.15) is 12.5 Å². The van der Waals surface area contributed by atoms with E-state index in [1.807, 2.05) is 31.2 Å². The summed E-state index contributed by atoms with van der Waals surface area (Å²) in [5, 5.41) is 2.37. The quantitative estimate of drug-likeness (QED) is 0.688. The molecule has 0 saturated heterocycles. The molecule has 0 atom stereocenters. The van der Waals surface area contributed by atoms with Gasteiger partial charge in [-0.1, -0.05) is 48.5 Å². The fraction of sp³-hybridized carbons (Fsp3) is 0.167. The number of fused-ring (bicyclic) bond motifs is 1. The molecule has 2 nitrogen and oxygen atoms in total. The van der Waals surface area contributed by atoms with Crippen LogP contribution < -0.4 is 4.74 Å². The van der Waals surface area contributed by atoms with Crippen molar-refractivity contribution < 1.29 is 4.74 Å². The highest BCUT2D eigenvalue weighted by atomic mass is 16.5. The van der Waals surface area contributed by atoms with Gasteiger partial charge in [-0.3, -0.25) is 0 Å². The van der Waals surface area contributed by atoms with E-state index in [4.69, 9.17) is 9.72 Å². The van der Waals surface area contributed by atoms with Crippen LogP contribution in [-0.2, 0) is 0 Å². The Bertz CT molecular complexity index is 735. The fourth-order valence-corrected chi connectivity index (χ4v) is 2.49. The molecule has 3 aromatic rings. The summed E-state index contributed by atoms with van der Waals surface area (Å²) < 4.78 is 5.60. The van der Waals surface area contributed by atoms with E-state index >= 15 is 0 Å². The lowest BCUT2D eigenvalue weighted by atomic mass is 10.00. The summed E-state index contributed by atoms with van der Waals surface area (Å²) in [7, 11) is 0. The Balaban J connectivity index is 2.32. The number of rotatable bonds is 3. The normalized spacial score (nSPS) is 10.7. The summed E-state index contributed by atoms with van der Waals surface area (Å²) >= 11 is 0. The van der Waals surface area contributed by atoms with Gasteiger partial charge in [-0.25, -0.2) is 4.98 Å². The summed E-state index contributed by atoms with van der Waals surface area (Å²) in [6.45, 7) is 4.72. The minimum absolute atomic E-state index is 0.624. The first-order chi connectivity index (χ1) is 9.79. The van der Waals surface area contributed by atoms with Crippen molar-refractivity contribution in [3.8, 4) is 17.1 Å². The molecule has 20 heavy (non-hydrogen) atoms. The van der Waals surface area contributed by atoms with Crippen molar-refractivity contribution in [3.05, 3.63) is 60.2 Å². The molecule has 0 saturated carbocycles. The largest absolute Gasteiger partial charge is 0.478 e. The lowest BCUT2D eigenvalue weighted by molar-refractivity contribution is 0.328. The van der Waals surface area contributed by atoms with Crippen LogP contribution in [0, 0.1) is 6.92 Å². The highest BCUT2D eigenvalue weighted by molar-refractivity contribution is 5.97. The lowest BCUT2D eigenvalue weighted by Crippen LogP contribution is -1.97. The second-order valence-electron chi connectivity index (χ2n) is 4.78. The molecule has 2 heteroatoms. The number of aryl methyl sites for hydroxylation is 1. The van der Waals surface area contributed by atoms with Gasteiger partial charge in [0.05, 0.1) is 12.3 Å². The third-order valence-electron chi connectivity index (χ3n) is 3.38. The zero-order valence-corrected chi connectivity index (χ0v) is 11.8. The lowest BCUT2D eigenvalue weighted by Gasteiger charge is -2.11. The van der Waals surface area contributed by atoms with Crippen LogP contribution >= 0.6 is 0 Å². The van der Waals surface area contributed by atoms with E-state index in [1.54, 1.807) is 0 Å². The summed E-state index contributed by atoms with van der Waals surface area (Å²) in [5.74, 6) is 0.685. The second kappa shape index (κ2) is 5.33. The van der Waals surface area contributed by atoms with Crippen LogP contribution in [0.4, 0.5) is 0 Å². The van der Waals surface area contributed by atoms with Gasteiger partial charge in [0, 0.05) is 17.0 Å². The summed E-state index contributed by atoms with van der Waals surface area (Å²) in [5.41, 5.74) is 3.34. The Hall–Kier alpha value is -2.35. The van der Waals surface area contributed by atoms with Gasteiger partial charge in [0.1, 0.15) is 0 Å². The van der Waals surface area contributed by atoms with E-state index in [0.29, 0.717) is 12.5 Å². The van der Waals surface area contributed by atoms with Crippen LogP contribution in [0.15, 0.2) is 54.6 Å². The average molecular weight is 263 g/mol. The van der Waals surface area contributed by atoms with Crippen molar-refractivity contribution in [1.29, 1.82) is 0 Å². The maximum atomic E-state index is 5.60. The number of benzene rings is 2. The van der Waals surface area contributed by atoms with Crippen LogP contribution in [0.3, 0.4) is 0 Å². The Morgan fingerprint density at radius 1 is 1.00 bits per heavy atom. The maximum absolute atomic E-state index is 5.60. The van der Waals surface area contributed by atoms with Crippen LogP contribution in [0.25, 0.3) is 22.0 Å². The number of pyridine rings is 1. The van der Waals surface area contributed by atoms with Gasteiger partial charge in [-0.2, -0.15) is 0 Å². The topological polar surface area (TPSA) is 22.1 Å². The number of hydrogen-bond acceptors (Lipinski definition) is 2. The van der Waals surface area contributed by atoms with Crippen molar-refractivity contribution in [1.82, 2.24) is 4.98 Å². The first-order valence-electron chi connectivity index (χ1n) is 6.88. The average Bonchev–Trinajstić information content (AvgIpc) is 2.48. The molecule has 0 bridgehead atoms. The molecule has 0 amide bonds. The molecule has 3 rings (SSSR count). The molecule has 0 aliphatic heterocycles. The second-order valence-corrected chi connectivity index (χ2v) is 4.78. The molecule has 0 radical (unpaired) electrons. The summed E-state index contributed by atoms with van der Waals surface area (Å²) in [4.78, 5) is 4.70. The van der Waals surface area contributed by atoms with Crippen LogP contribution in [0.2, 0.25) is 0 Å². The highest BCUT2D eigenvalue weighted by Gasteiger charge is 2.10. The molecule has 0 fully saturated rings. The standard InChI is InChI=1S/C18H17NO/c1-3-20-16-12-15-11-7-8-13(2)17(15)18(19-16)14-9-5-4-6-10-14/h4-12H,3H2,1-2H3. The molecule has 2 aromatic carbocycles. The van der Waals surface area contributed by atoms with E-state index in [2.05, 4.69) is 37.3 Å². The number of nitrogens with zero attached hydrogens (tertiary/aromatic N) is 1. The fourth-order valence-electron chi connectivity index (χ4n) is 2.49. The monoisotopic (exact) mass is 263 g/mol. The summed E-state index contributed by atoms with van der Waals surface area (Å²) in [6, 6.07) is 18.6. The Morgan fingerprint density at radius 2 is 1.80 bits per heavy atom. The van der Waals surface area contributed by atoms with Gasteiger partial charge in [0.25, 0.3) is 0 Å². The van der Waals surface area contributed by atoms with Gasteiger partial charge < -0.3 is 4.74 Å². The first kappa shape index (κ1) is 12.7. The van der Waals surface area contributed by atoms with Gasteiger partial charge in [-0.15, -0.1) is 0 Å². The van der Waals surface area contributed by atoms with E-state index < -0.39 is 0 Å². The molecule has 0 spiro atoms. The predicted molar refractivity (Wildman–Crippen MR) is 83.1 cm³/mol. The first-order valence-corrected chi connectivity index (χ1v) is 6.88. The summed E-state index contributed by atoms with van der Waals surface area (Å²) in [6.07, 6.45) is 0. The Labute approximate surface area is 119 Å². The van der Waals surface area contributed by atoms with Crippen molar-refractivity contribution in [3.63, 3.8) is 0 Å². The van der Waals surface area contributed by atoms with Crippen molar-refractivity contribution in [2.24, 2.45) is 0 Å². The minimum atomic E-state index is 0.624. The predicted octanol–water partition coefficient (Wildman–Crippen LogP) is 4.61. The Kier molecular flexibility index (Phi) is 3.38. The highest BCUT2D eigenvalue weighted by Crippen LogP contribution is 2.32. The van der Waals surface area contributed by atoms with Gasteiger partial charge in [-0.05, 0) is 24.8 Å². The van der Waals surface area contributed by atoms with Gasteiger partial charge in [0.15, 0.2) is 0 Å². The third-order valence-corrected chi connectivity index (χ3v) is 3.38. The molecule has 1 heterocycles. The molecule has 0 N–H and O–H groups in total. The maximum Gasteiger partial charge on any atom is 0.214 e. The molecule has 0 aliphatic carbocycles. The molecule has 1 aromatic heterocycles. The van der Waals surface area contributed by atoms with Gasteiger partial charge >= 0.3 is 0 Å². The van der Waals surface area contributed by atoms with Crippen molar-refractivity contribution in [2.45, 2.75) is 13.8 Å². The Morgan fingerprint density at radius 3 is 2.55 bits per heavy atom. The van der Waals surface area contributed by atoms with E-state index in [9.17, 15) is 0 Å². The number of aromatic nitrogens is 1. The van der Waals surface area contributed by atoms with E-state index in [0.717, 1.165) is 11.3 Å². The van der Waals surface area contributed by atoms with Crippen molar-refractivity contribution >= 4 is 10.8 Å². The SMILES string of the molecule is CCOc1cc2cccc(C)c2c(-c2ccccc2)n1. The third kappa shape index (κ3) is 2.25. The molecule has 0 unspecified atom stereocenters. The van der Waals surface area contributed by atoms with Crippen LogP contribution in [-0.4, -0.2) is 11.6 Å². The molecule has 100 valence electrons. The smallest absolute Gasteiger partial charge is 0.214 e. The number of hydrogen-bond donors (Lipinski definition) is 0. The van der Waals surface area contributed by atoms with E-state index in [-0.39, 0.29) is 0 Å². The number of ether oxygens (including phenoxy) is 1. The van der Waals surface area contributed by atoms with Crippen molar-refractivity contribution in [2.75, 3.05) is 6.61 Å². The van der Waals surface area contributed by atoms with E-state index in [1.165, 1.54) is 16.3 Å².